The number of nitrogens with zero attached hydrogens (tertiary/aromatic N) is 2. The molecular formula is C19H22BrCl2N5O2. The average molecular weight is 503 g/mol. The fraction of sp³-hybridized carbons (Fsp3) is 0.211. The molecule has 0 saturated heterocycles. The molecule has 0 aliphatic heterocycles. The van der Waals surface area contributed by atoms with Crippen molar-refractivity contribution in [2.45, 2.75) is 13.8 Å². The van der Waals surface area contributed by atoms with Crippen LogP contribution in [0.4, 0.5) is 0 Å². The van der Waals surface area contributed by atoms with Crippen molar-refractivity contribution in [2.24, 2.45) is 10.2 Å². The number of guanidine groups is 1. The lowest BCUT2D eigenvalue weighted by molar-refractivity contribution is 0.339. The van der Waals surface area contributed by atoms with E-state index in [1.54, 1.807) is 36.4 Å². The molecule has 0 aliphatic carbocycles. The number of rotatable bonds is 8. The zero-order valence-corrected chi connectivity index (χ0v) is 19.1. The molecule has 0 saturated carbocycles. The summed E-state index contributed by atoms with van der Waals surface area (Å²) in [6, 6.07) is 10.5. The predicted octanol–water partition coefficient (Wildman–Crippen LogP) is 4.85. The van der Waals surface area contributed by atoms with Crippen molar-refractivity contribution in [3.8, 4) is 11.5 Å². The van der Waals surface area contributed by atoms with Gasteiger partial charge in [-0.1, -0.05) is 23.2 Å². The molecule has 3 N–H and O–H groups in total. The lowest BCUT2D eigenvalue weighted by Crippen LogP contribution is -2.29. The van der Waals surface area contributed by atoms with Crippen LogP contribution in [0.25, 0.3) is 0 Å². The largest absolute Gasteiger partial charge is 0.493 e. The average Bonchev–Trinajstić information content (AvgIpc) is 2.66. The van der Waals surface area contributed by atoms with Crippen molar-refractivity contribution >= 4 is 58.6 Å². The van der Waals surface area contributed by atoms with Crippen LogP contribution in [0.1, 0.15) is 25.0 Å². The van der Waals surface area contributed by atoms with Crippen LogP contribution in [0.5, 0.6) is 11.5 Å². The molecular weight excluding hydrogens is 481 g/mol. The SMILES string of the molecule is Br.CCOc1ccc(Cl)cc1/C=N/NC(=N)N/N=C/c1cc(Cl)ccc1OCC. The van der Waals surface area contributed by atoms with E-state index in [0.29, 0.717) is 45.9 Å². The number of nitrogens with one attached hydrogen (secondary N) is 3. The minimum atomic E-state index is -0.118. The molecule has 0 heterocycles. The van der Waals surface area contributed by atoms with E-state index in [0.717, 1.165) is 0 Å². The van der Waals surface area contributed by atoms with Gasteiger partial charge in [0.15, 0.2) is 0 Å². The molecule has 0 unspecified atom stereocenters. The molecule has 2 aromatic rings. The van der Waals surface area contributed by atoms with E-state index in [-0.39, 0.29) is 22.9 Å². The van der Waals surface area contributed by atoms with Gasteiger partial charge in [-0.3, -0.25) is 5.41 Å². The standard InChI is InChI=1S/C19H21Cl2N5O2.BrH/c1-3-27-17-7-5-15(20)9-13(17)11-23-25-19(22)26-24-12-14-10-16(21)6-8-18(14)28-4-2;/h5-12H,3-4H2,1-2H3,(H3,22,25,26);1H/b23-11+,24-12+;. The first kappa shape index (κ1) is 24.7. The van der Waals surface area contributed by atoms with E-state index >= 15 is 0 Å². The molecule has 2 rings (SSSR count). The van der Waals surface area contributed by atoms with E-state index < -0.39 is 0 Å². The quantitative estimate of drug-likeness (QED) is 0.273. The number of benzene rings is 2. The molecule has 29 heavy (non-hydrogen) atoms. The van der Waals surface area contributed by atoms with Crippen LogP contribution in [0, 0.1) is 5.41 Å². The highest BCUT2D eigenvalue weighted by atomic mass is 79.9. The first-order valence-electron chi connectivity index (χ1n) is 8.54. The maximum Gasteiger partial charge on any atom is 0.230 e. The maximum atomic E-state index is 7.81. The molecule has 0 atom stereocenters. The van der Waals surface area contributed by atoms with Gasteiger partial charge in [0.05, 0.1) is 25.6 Å². The molecule has 0 spiro atoms. The maximum absolute atomic E-state index is 7.81. The Bertz CT molecular complexity index is 808. The summed E-state index contributed by atoms with van der Waals surface area (Å²) in [7, 11) is 0. The van der Waals surface area contributed by atoms with E-state index in [9.17, 15) is 0 Å². The minimum absolute atomic E-state index is 0. The monoisotopic (exact) mass is 501 g/mol. The second-order valence-electron chi connectivity index (χ2n) is 5.35. The van der Waals surface area contributed by atoms with Gasteiger partial charge in [-0.05, 0) is 50.2 Å². The molecule has 7 nitrogen and oxygen atoms in total. The molecule has 156 valence electrons. The Morgan fingerprint density at radius 3 is 1.69 bits per heavy atom. The molecule has 10 heteroatoms. The van der Waals surface area contributed by atoms with Gasteiger partial charge < -0.3 is 9.47 Å². The third-order valence-corrected chi connectivity index (χ3v) is 3.77. The summed E-state index contributed by atoms with van der Waals surface area (Å²) in [4.78, 5) is 0. The molecule has 0 aliphatic rings. The molecule has 0 radical (unpaired) electrons. The fourth-order valence-electron chi connectivity index (χ4n) is 2.17. The van der Waals surface area contributed by atoms with Crippen LogP contribution in [-0.4, -0.2) is 31.6 Å². The Morgan fingerprint density at radius 1 is 0.897 bits per heavy atom. The molecule has 0 amide bonds. The second-order valence-corrected chi connectivity index (χ2v) is 6.22. The van der Waals surface area contributed by atoms with Crippen LogP contribution in [0.15, 0.2) is 46.6 Å². The third-order valence-electron chi connectivity index (χ3n) is 3.30. The zero-order chi connectivity index (χ0) is 20.4. The van der Waals surface area contributed by atoms with Crippen molar-refractivity contribution in [3.05, 3.63) is 57.6 Å². The van der Waals surface area contributed by atoms with Crippen molar-refractivity contribution in [1.29, 1.82) is 5.41 Å². The molecule has 2 aromatic carbocycles. The van der Waals surface area contributed by atoms with Crippen LogP contribution >= 0.6 is 40.2 Å². The van der Waals surface area contributed by atoms with Crippen LogP contribution in [0.3, 0.4) is 0 Å². The first-order valence-corrected chi connectivity index (χ1v) is 9.30. The summed E-state index contributed by atoms with van der Waals surface area (Å²) in [6.07, 6.45) is 3.03. The molecule has 0 bridgehead atoms. The molecule has 0 aromatic heterocycles. The number of halogens is 3. The Kier molecular flexibility index (Phi) is 11.1. The lowest BCUT2D eigenvalue weighted by Gasteiger charge is -2.08. The Morgan fingerprint density at radius 2 is 1.31 bits per heavy atom. The van der Waals surface area contributed by atoms with Gasteiger partial charge in [0.25, 0.3) is 0 Å². The Balaban J connectivity index is 0.00000420. The van der Waals surface area contributed by atoms with Gasteiger partial charge in [0, 0.05) is 21.2 Å². The summed E-state index contributed by atoms with van der Waals surface area (Å²) in [5.41, 5.74) is 6.44. The van der Waals surface area contributed by atoms with Gasteiger partial charge in [-0.2, -0.15) is 10.2 Å². The summed E-state index contributed by atoms with van der Waals surface area (Å²) < 4.78 is 11.0. The fourth-order valence-corrected chi connectivity index (χ4v) is 2.53. The Hall–Kier alpha value is -2.29. The summed E-state index contributed by atoms with van der Waals surface area (Å²) >= 11 is 12.0. The highest BCUT2D eigenvalue weighted by Gasteiger charge is 2.03. The van der Waals surface area contributed by atoms with Crippen molar-refractivity contribution in [2.75, 3.05) is 13.2 Å². The van der Waals surface area contributed by atoms with Crippen LogP contribution in [0.2, 0.25) is 10.0 Å². The summed E-state index contributed by atoms with van der Waals surface area (Å²) in [5.74, 6) is 1.19. The van der Waals surface area contributed by atoms with Crippen molar-refractivity contribution < 1.29 is 9.47 Å². The van der Waals surface area contributed by atoms with Gasteiger partial charge in [-0.25, -0.2) is 10.9 Å². The van der Waals surface area contributed by atoms with Crippen molar-refractivity contribution in [3.63, 3.8) is 0 Å². The summed E-state index contributed by atoms with van der Waals surface area (Å²) in [5, 5.41) is 16.9. The van der Waals surface area contributed by atoms with E-state index in [1.165, 1.54) is 12.4 Å². The topological polar surface area (TPSA) is 91.1 Å². The number of hydrazone groups is 2. The second kappa shape index (κ2) is 13.0. The van der Waals surface area contributed by atoms with E-state index in [1.807, 2.05) is 13.8 Å². The first-order chi connectivity index (χ1) is 13.5. The lowest BCUT2D eigenvalue weighted by atomic mass is 10.2. The smallest absolute Gasteiger partial charge is 0.230 e. The van der Waals surface area contributed by atoms with E-state index in [4.69, 9.17) is 38.1 Å². The number of ether oxygens (including phenoxy) is 2. The molecule has 0 fully saturated rings. The van der Waals surface area contributed by atoms with Gasteiger partial charge in [0.1, 0.15) is 11.5 Å². The highest BCUT2D eigenvalue weighted by Crippen LogP contribution is 2.22. The third kappa shape index (κ3) is 8.31. The minimum Gasteiger partial charge on any atom is -0.493 e. The predicted molar refractivity (Wildman–Crippen MR) is 125 cm³/mol. The summed E-state index contributed by atoms with van der Waals surface area (Å²) in [6.45, 7) is 4.83. The zero-order valence-electron chi connectivity index (χ0n) is 15.9. The van der Waals surface area contributed by atoms with Crippen molar-refractivity contribution in [1.82, 2.24) is 10.9 Å². The van der Waals surface area contributed by atoms with Crippen LogP contribution < -0.4 is 20.3 Å². The number of hydrogen-bond acceptors (Lipinski definition) is 5. The Labute approximate surface area is 190 Å². The highest BCUT2D eigenvalue weighted by molar-refractivity contribution is 8.93. The van der Waals surface area contributed by atoms with Gasteiger partial charge in [-0.15, -0.1) is 17.0 Å². The normalized spacial score (nSPS) is 10.6. The number of hydrogen-bond donors (Lipinski definition) is 3. The van der Waals surface area contributed by atoms with Gasteiger partial charge >= 0.3 is 0 Å². The van der Waals surface area contributed by atoms with E-state index in [2.05, 4.69) is 21.1 Å². The van der Waals surface area contributed by atoms with Crippen LogP contribution in [-0.2, 0) is 0 Å². The van der Waals surface area contributed by atoms with Gasteiger partial charge in [0.2, 0.25) is 5.96 Å².